The molecule has 0 saturated carbocycles. The molecule has 0 aliphatic carbocycles. The van der Waals surface area contributed by atoms with Crippen LogP contribution in [-0.4, -0.2) is 87.4 Å². The monoisotopic (exact) mass is 1370 g/mol. The molecule has 0 saturated heterocycles. The minimum absolute atomic E-state index is 0.180. The van der Waals surface area contributed by atoms with Gasteiger partial charge in [-0.1, -0.05) is 351 Å². The molecule has 0 amide bonds. The second-order valence-corrected chi connectivity index (χ2v) is 27.6. The summed E-state index contributed by atoms with van der Waals surface area (Å²) in [6.45, 7) is 4.66. The van der Waals surface area contributed by atoms with Crippen LogP contribution < -0.4 is 0 Å². The summed E-state index contributed by atoms with van der Waals surface area (Å²) in [5, 5.41) is 9.78. The number of rotatable bonds is 73. The summed E-state index contributed by atoms with van der Waals surface area (Å²) in [4.78, 5) is 37.8. The number of carboxylic acid groups (broad SMARTS) is 1. The first-order chi connectivity index (χ1) is 48.6. The van der Waals surface area contributed by atoms with E-state index in [0.29, 0.717) is 23.9 Å². The molecule has 0 aliphatic heterocycles. The third-order valence-corrected chi connectivity index (χ3v) is 17.0. The molecule has 99 heavy (non-hydrogen) atoms. The Morgan fingerprint density at radius 1 is 0.303 bits per heavy atom. The van der Waals surface area contributed by atoms with Gasteiger partial charge in [0.2, 0.25) is 0 Å². The van der Waals surface area contributed by atoms with E-state index < -0.39 is 24.3 Å². The molecule has 0 aliphatic rings. The first-order valence-electron chi connectivity index (χ1n) is 40.3. The van der Waals surface area contributed by atoms with Crippen molar-refractivity contribution >= 4 is 17.9 Å². The first-order valence-corrected chi connectivity index (χ1v) is 40.3. The molecule has 2 unspecified atom stereocenters. The Hall–Kier alpha value is -5.35. The van der Waals surface area contributed by atoms with Gasteiger partial charge in [0.25, 0.3) is 6.29 Å². The number of unbranched alkanes of at least 4 members (excludes halogenated alkanes) is 30. The Kier molecular flexibility index (Phi) is 74.1. The van der Waals surface area contributed by atoms with Crippen LogP contribution in [0.4, 0.5) is 0 Å². The summed E-state index contributed by atoms with van der Waals surface area (Å²) in [6, 6.07) is 0. The lowest BCUT2D eigenvalue weighted by molar-refractivity contribution is -0.870. The van der Waals surface area contributed by atoms with Crippen LogP contribution >= 0.6 is 0 Å². The van der Waals surface area contributed by atoms with Crippen LogP contribution in [0.15, 0.2) is 170 Å². The number of hydrogen-bond donors (Lipinski definition) is 1. The maximum Gasteiger partial charge on any atom is 0.361 e. The molecule has 0 aromatic carbocycles. The number of nitrogens with zero attached hydrogens (tertiary/aromatic N) is 1. The number of carboxylic acids is 1. The fourth-order valence-corrected chi connectivity index (χ4v) is 10.9. The summed E-state index contributed by atoms with van der Waals surface area (Å²) in [5.74, 6) is -2.02. The number of hydrogen-bond acceptors (Lipinski definition) is 7. The molecule has 0 aromatic rings. The van der Waals surface area contributed by atoms with Gasteiger partial charge < -0.3 is 28.5 Å². The molecule has 0 spiro atoms. The van der Waals surface area contributed by atoms with Gasteiger partial charge in [-0.15, -0.1) is 0 Å². The van der Waals surface area contributed by atoms with Gasteiger partial charge in [-0.2, -0.15) is 0 Å². The van der Waals surface area contributed by atoms with Crippen molar-refractivity contribution in [1.82, 2.24) is 0 Å². The quantitative estimate of drug-likeness (QED) is 0.0211. The molecular weight excluding hydrogens is 1220 g/mol. The largest absolute Gasteiger partial charge is 0.477 e. The van der Waals surface area contributed by atoms with Gasteiger partial charge in [0.1, 0.15) is 13.2 Å². The van der Waals surface area contributed by atoms with Gasteiger partial charge in [0.05, 0.1) is 34.4 Å². The minimum Gasteiger partial charge on any atom is -0.477 e. The lowest BCUT2D eigenvalue weighted by atomic mass is 10.0. The standard InChI is InChI=1S/C90H149NO8/c1-6-8-10-12-14-16-18-20-22-24-26-28-30-32-34-36-38-40-42-43-44-45-47-49-51-53-55-57-59-61-63-65-67-69-71-73-75-77-79-81-88(93)99-86(85-98-90(89(94)95)96-83-82-91(3,4)5)84-97-87(92)80-78-76-74-72-70-68-66-64-62-60-58-56-54-52-50-48-46-41-39-37-35-33-31-29-27-25-23-21-19-17-15-13-11-9-7-2/h8-11,14-17,20-23,26-29,32,34,38,40,43-44,47,49,53,55,59,61,86,90H,6-7,12-13,18-19,24-25,30-31,33,35-37,39,41-42,45-46,48,50-52,54,56-58,60,62-85H2,1-5H3/p+1/b10-8-,11-9-,16-14-,17-15-,22-20-,23-21-,28-26-,29-27-,34-32-,40-38-,44-43-,49-47-,55-53-,61-59-. The highest BCUT2D eigenvalue weighted by molar-refractivity contribution is 5.71. The minimum atomic E-state index is -1.52. The zero-order valence-corrected chi connectivity index (χ0v) is 64.3. The Morgan fingerprint density at radius 3 is 0.808 bits per heavy atom. The van der Waals surface area contributed by atoms with Crippen LogP contribution in [0.2, 0.25) is 0 Å². The Labute approximate surface area is 609 Å². The first kappa shape index (κ1) is 93.6. The third-order valence-electron chi connectivity index (χ3n) is 17.0. The second kappa shape index (κ2) is 78.4. The number of aliphatic carboxylic acids is 1. The molecule has 562 valence electrons. The topological polar surface area (TPSA) is 108 Å². The highest BCUT2D eigenvalue weighted by Gasteiger charge is 2.25. The molecule has 1 N–H and O–H groups in total. The molecule has 0 heterocycles. The fourth-order valence-electron chi connectivity index (χ4n) is 10.9. The van der Waals surface area contributed by atoms with E-state index >= 15 is 0 Å². The third kappa shape index (κ3) is 79.8. The Balaban J connectivity index is 4.09. The van der Waals surface area contributed by atoms with Gasteiger partial charge in [-0.3, -0.25) is 9.59 Å². The molecule has 0 fully saturated rings. The maximum atomic E-state index is 13.0. The summed E-state index contributed by atoms with van der Waals surface area (Å²) >= 11 is 0. The van der Waals surface area contributed by atoms with Crippen molar-refractivity contribution in [1.29, 1.82) is 0 Å². The van der Waals surface area contributed by atoms with Crippen molar-refractivity contribution in [3.05, 3.63) is 170 Å². The number of quaternary nitrogens is 1. The summed E-state index contributed by atoms with van der Waals surface area (Å²) in [6.07, 6.45) is 115. The summed E-state index contributed by atoms with van der Waals surface area (Å²) in [7, 11) is 5.98. The average molecular weight is 1370 g/mol. The molecule has 0 rings (SSSR count). The van der Waals surface area contributed by atoms with Crippen LogP contribution in [0.1, 0.15) is 322 Å². The SMILES string of the molecule is CC/C=C\C/C=C\C/C=C\C/C=C\C/C=C\C/C=C\C/C=C\C/C=C\C/C=C\C/C=C\CCCCCCCCCCC(=O)OC(COC(=O)CCCCCCCCCCCCCCCCCCCCCCCC/C=C\C/C=C\C/C=C\C/C=C\CC)COC(OCC[N+](C)(C)C)C(=O)O. The van der Waals surface area contributed by atoms with Gasteiger partial charge in [0, 0.05) is 12.8 Å². The zero-order chi connectivity index (χ0) is 71.8. The van der Waals surface area contributed by atoms with Crippen molar-refractivity contribution in [3.8, 4) is 0 Å². The number of carbonyl (C=O) groups excluding carboxylic acids is 2. The van der Waals surface area contributed by atoms with Crippen LogP contribution in [0.5, 0.6) is 0 Å². The zero-order valence-electron chi connectivity index (χ0n) is 64.3. The van der Waals surface area contributed by atoms with E-state index in [0.717, 1.165) is 135 Å². The van der Waals surface area contributed by atoms with Gasteiger partial charge in [-0.25, -0.2) is 4.79 Å². The van der Waals surface area contributed by atoms with E-state index in [9.17, 15) is 19.5 Å². The predicted octanol–water partition coefficient (Wildman–Crippen LogP) is 26.1. The van der Waals surface area contributed by atoms with Gasteiger partial charge in [0.15, 0.2) is 6.10 Å². The normalized spacial score (nSPS) is 13.6. The fraction of sp³-hybridized carbons (Fsp3) is 0.656. The number of allylic oxidation sites excluding steroid dienone is 28. The highest BCUT2D eigenvalue weighted by atomic mass is 16.7. The summed E-state index contributed by atoms with van der Waals surface area (Å²) < 4.78 is 23.0. The average Bonchev–Trinajstić information content (AvgIpc) is 1.14. The number of likely N-dealkylation sites (N-methyl/N-ethyl adjacent to an activating group) is 1. The molecule has 0 radical (unpaired) electrons. The van der Waals surface area contributed by atoms with Crippen LogP contribution in [-0.2, 0) is 33.3 Å². The molecule has 9 nitrogen and oxygen atoms in total. The number of ether oxygens (including phenoxy) is 4. The summed E-state index contributed by atoms with van der Waals surface area (Å²) in [5.41, 5.74) is 0. The van der Waals surface area contributed by atoms with Crippen molar-refractivity contribution < 1.29 is 42.9 Å². The van der Waals surface area contributed by atoms with Crippen molar-refractivity contribution in [3.63, 3.8) is 0 Å². The van der Waals surface area contributed by atoms with Crippen molar-refractivity contribution in [2.45, 2.75) is 334 Å². The van der Waals surface area contributed by atoms with E-state index in [-0.39, 0.29) is 32.2 Å². The lowest BCUT2D eigenvalue weighted by Crippen LogP contribution is -2.40. The molecule has 2 atom stereocenters. The van der Waals surface area contributed by atoms with Crippen molar-refractivity contribution in [2.75, 3.05) is 47.5 Å². The van der Waals surface area contributed by atoms with Crippen LogP contribution in [0.25, 0.3) is 0 Å². The van der Waals surface area contributed by atoms with E-state index in [1.807, 2.05) is 21.1 Å². The molecular formula is C90H150NO8+. The molecule has 0 bridgehead atoms. The molecule has 9 heteroatoms. The highest BCUT2D eigenvalue weighted by Crippen LogP contribution is 2.18. The smallest absolute Gasteiger partial charge is 0.361 e. The van der Waals surface area contributed by atoms with Gasteiger partial charge >= 0.3 is 17.9 Å². The van der Waals surface area contributed by atoms with Crippen LogP contribution in [0, 0.1) is 0 Å². The molecule has 0 aromatic heterocycles. The van der Waals surface area contributed by atoms with E-state index in [2.05, 4.69) is 184 Å². The van der Waals surface area contributed by atoms with Crippen molar-refractivity contribution in [2.24, 2.45) is 0 Å². The van der Waals surface area contributed by atoms with E-state index in [4.69, 9.17) is 18.9 Å². The van der Waals surface area contributed by atoms with E-state index in [1.54, 1.807) is 0 Å². The Bertz CT molecular complexity index is 2240. The van der Waals surface area contributed by atoms with E-state index in [1.165, 1.54) is 154 Å². The predicted molar refractivity (Wildman–Crippen MR) is 428 cm³/mol. The number of carbonyl (C=O) groups is 3. The Morgan fingerprint density at radius 2 is 0.545 bits per heavy atom. The number of esters is 2. The second-order valence-electron chi connectivity index (χ2n) is 27.6. The lowest BCUT2D eigenvalue weighted by Gasteiger charge is -2.25. The van der Waals surface area contributed by atoms with Crippen LogP contribution in [0.3, 0.4) is 0 Å². The van der Waals surface area contributed by atoms with Gasteiger partial charge in [-0.05, 0) is 128 Å². The maximum absolute atomic E-state index is 13.0.